The number of hydrogen-bond donors (Lipinski definition) is 1. The normalized spacial score (nSPS) is 13.2. The minimum atomic E-state index is 0.0803. The van der Waals surface area contributed by atoms with Crippen LogP contribution in [0.25, 0.3) is 0 Å². The molecule has 2 aromatic rings. The van der Waals surface area contributed by atoms with Crippen LogP contribution in [0.2, 0.25) is 0 Å². The van der Waals surface area contributed by atoms with E-state index in [1.54, 1.807) is 0 Å². The zero-order chi connectivity index (χ0) is 14.0. The molecule has 2 aromatic heterocycles. The van der Waals surface area contributed by atoms with Crippen LogP contribution in [-0.4, -0.2) is 26.1 Å². The molecule has 0 saturated heterocycles. The van der Waals surface area contributed by atoms with Crippen molar-refractivity contribution in [2.45, 2.75) is 32.9 Å². The first kappa shape index (κ1) is 14.3. The highest BCUT2D eigenvalue weighted by atomic mass is 79.9. The van der Waals surface area contributed by atoms with Crippen LogP contribution in [0.1, 0.15) is 44.2 Å². The number of hydrogen-bond acceptors (Lipinski definition) is 3. The minimum Gasteiger partial charge on any atom is -0.304 e. The van der Waals surface area contributed by atoms with Gasteiger partial charge >= 0.3 is 0 Å². The molecular weight excluding hydrogens is 306 g/mol. The second-order valence-electron chi connectivity index (χ2n) is 4.79. The Labute approximate surface area is 122 Å². The van der Waals surface area contributed by atoms with Gasteiger partial charge in [0, 0.05) is 19.3 Å². The molecule has 0 aromatic carbocycles. The van der Waals surface area contributed by atoms with E-state index in [2.05, 4.69) is 52.2 Å². The first-order valence-electron chi connectivity index (χ1n) is 6.50. The Balaban J connectivity index is 2.51. The highest BCUT2D eigenvalue weighted by molar-refractivity contribution is 9.10. The Morgan fingerprint density at radius 2 is 2.11 bits per heavy atom. The highest BCUT2D eigenvalue weighted by Gasteiger charge is 2.24. The Morgan fingerprint density at radius 1 is 1.37 bits per heavy atom. The van der Waals surface area contributed by atoms with Gasteiger partial charge in [-0.25, -0.2) is 0 Å². The van der Waals surface area contributed by atoms with Crippen LogP contribution in [0.15, 0.2) is 22.9 Å². The summed E-state index contributed by atoms with van der Waals surface area (Å²) < 4.78 is 4.97. The van der Waals surface area contributed by atoms with Crippen LogP contribution in [0, 0.1) is 0 Å². The molecule has 19 heavy (non-hydrogen) atoms. The average molecular weight is 326 g/mol. The number of aryl methyl sites for hydroxylation is 1. The van der Waals surface area contributed by atoms with Gasteiger partial charge in [-0.1, -0.05) is 6.92 Å². The molecule has 2 rings (SSSR count). The van der Waals surface area contributed by atoms with Gasteiger partial charge in [-0.05, 0) is 42.4 Å². The van der Waals surface area contributed by atoms with Gasteiger partial charge in [-0.15, -0.1) is 0 Å². The van der Waals surface area contributed by atoms with E-state index in [4.69, 9.17) is 0 Å². The van der Waals surface area contributed by atoms with E-state index in [-0.39, 0.29) is 6.04 Å². The number of halogens is 1. The molecule has 104 valence electrons. The summed E-state index contributed by atoms with van der Waals surface area (Å²) in [5.41, 5.74) is 2.27. The lowest BCUT2D eigenvalue weighted by Crippen LogP contribution is -2.27. The van der Waals surface area contributed by atoms with Crippen molar-refractivity contribution in [3.63, 3.8) is 0 Å². The van der Waals surface area contributed by atoms with Crippen molar-refractivity contribution in [1.82, 2.24) is 24.9 Å². The number of nitrogens with one attached hydrogen (secondary N) is 1. The zero-order valence-corrected chi connectivity index (χ0v) is 13.3. The fraction of sp³-hybridized carbons (Fsp3) is 0.538. The molecule has 1 atom stereocenters. The zero-order valence-electron chi connectivity index (χ0n) is 11.8. The Morgan fingerprint density at radius 3 is 2.63 bits per heavy atom. The molecule has 0 amide bonds. The summed E-state index contributed by atoms with van der Waals surface area (Å²) in [4.78, 5) is 0. The molecule has 0 aliphatic heterocycles. The van der Waals surface area contributed by atoms with E-state index in [9.17, 15) is 0 Å². The highest BCUT2D eigenvalue weighted by Crippen LogP contribution is 2.30. The van der Waals surface area contributed by atoms with Crippen LogP contribution in [-0.2, 0) is 7.05 Å². The van der Waals surface area contributed by atoms with Crippen LogP contribution in [0.5, 0.6) is 0 Å². The molecule has 1 unspecified atom stereocenters. The molecule has 5 nitrogen and oxygen atoms in total. The van der Waals surface area contributed by atoms with Crippen molar-refractivity contribution in [2.75, 3.05) is 6.54 Å². The van der Waals surface area contributed by atoms with Gasteiger partial charge in [0.25, 0.3) is 0 Å². The fourth-order valence-electron chi connectivity index (χ4n) is 2.25. The van der Waals surface area contributed by atoms with Crippen molar-refractivity contribution >= 4 is 15.9 Å². The standard InChI is InChI=1S/C13H20BrN5/c1-5-15-12(11-6-7-16-18(11)4)13-10(14)8-17-19(13)9(2)3/h6-9,12,15H,5H2,1-4H3. The minimum absolute atomic E-state index is 0.0803. The van der Waals surface area contributed by atoms with Gasteiger partial charge < -0.3 is 5.32 Å². The molecule has 0 fully saturated rings. The second kappa shape index (κ2) is 5.88. The SMILES string of the molecule is CCNC(c1ccnn1C)c1c(Br)cnn1C(C)C. The van der Waals surface area contributed by atoms with E-state index >= 15 is 0 Å². The molecule has 1 N–H and O–H groups in total. The Kier molecular flexibility index (Phi) is 4.42. The summed E-state index contributed by atoms with van der Waals surface area (Å²) in [6, 6.07) is 2.43. The number of rotatable bonds is 5. The molecule has 0 aliphatic carbocycles. The molecule has 0 radical (unpaired) electrons. The Hall–Kier alpha value is -1.14. The molecule has 0 aliphatic rings. The molecule has 2 heterocycles. The van der Waals surface area contributed by atoms with E-state index < -0.39 is 0 Å². The van der Waals surface area contributed by atoms with Crippen molar-refractivity contribution in [1.29, 1.82) is 0 Å². The van der Waals surface area contributed by atoms with Crippen molar-refractivity contribution in [3.05, 3.63) is 34.3 Å². The third-order valence-electron chi connectivity index (χ3n) is 3.11. The fourth-order valence-corrected chi connectivity index (χ4v) is 2.75. The summed E-state index contributed by atoms with van der Waals surface area (Å²) in [5.74, 6) is 0. The number of nitrogens with zero attached hydrogens (tertiary/aromatic N) is 4. The van der Waals surface area contributed by atoms with Gasteiger partial charge in [0.2, 0.25) is 0 Å². The number of aromatic nitrogens is 4. The van der Waals surface area contributed by atoms with Crippen LogP contribution in [0.4, 0.5) is 0 Å². The molecular formula is C13H20BrN5. The summed E-state index contributed by atoms with van der Waals surface area (Å²) in [7, 11) is 1.96. The van der Waals surface area contributed by atoms with Crippen molar-refractivity contribution < 1.29 is 0 Å². The lowest BCUT2D eigenvalue weighted by Gasteiger charge is -2.22. The van der Waals surface area contributed by atoms with Gasteiger partial charge in [-0.2, -0.15) is 10.2 Å². The molecule has 0 saturated carbocycles. The topological polar surface area (TPSA) is 47.7 Å². The van der Waals surface area contributed by atoms with Gasteiger partial charge in [0.1, 0.15) is 0 Å². The lowest BCUT2D eigenvalue weighted by molar-refractivity contribution is 0.463. The average Bonchev–Trinajstić information content (AvgIpc) is 2.93. The molecule has 0 spiro atoms. The monoisotopic (exact) mass is 325 g/mol. The lowest BCUT2D eigenvalue weighted by atomic mass is 10.1. The van der Waals surface area contributed by atoms with E-state index in [1.807, 2.05) is 34.9 Å². The molecule has 0 bridgehead atoms. The summed E-state index contributed by atoms with van der Waals surface area (Å²) in [5, 5.41) is 12.2. The van der Waals surface area contributed by atoms with Gasteiger partial charge in [0.05, 0.1) is 28.1 Å². The summed E-state index contributed by atoms with van der Waals surface area (Å²) in [6.07, 6.45) is 3.68. The summed E-state index contributed by atoms with van der Waals surface area (Å²) >= 11 is 3.61. The second-order valence-corrected chi connectivity index (χ2v) is 5.64. The summed E-state index contributed by atoms with van der Waals surface area (Å²) in [6.45, 7) is 7.25. The van der Waals surface area contributed by atoms with E-state index in [0.29, 0.717) is 6.04 Å². The molecule has 6 heteroatoms. The first-order chi connectivity index (χ1) is 9.06. The smallest absolute Gasteiger partial charge is 0.0930 e. The van der Waals surface area contributed by atoms with Gasteiger partial charge in [0.15, 0.2) is 0 Å². The first-order valence-corrected chi connectivity index (χ1v) is 7.29. The van der Waals surface area contributed by atoms with Crippen molar-refractivity contribution in [2.24, 2.45) is 7.05 Å². The van der Waals surface area contributed by atoms with Crippen LogP contribution >= 0.6 is 15.9 Å². The Bertz CT molecular complexity index is 543. The maximum atomic E-state index is 4.46. The van der Waals surface area contributed by atoms with Crippen LogP contribution in [0.3, 0.4) is 0 Å². The quantitative estimate of drug-likeness (QED) is 0.919. The largest absolute Gasteiger partial charge is 0.304 e. The third-order valence-corrected chi connectivity index (χ3v) is 3.72. The third kappa shape index (κ3) is 2.74. The maximum absolute atomic E-state index is 4.46. The van der Waals surface area contributed by atoms with E-state index in [1.165, 1.54) is 0 Å². The van der Waals surface area contributed by atoms with E-state index in [0.717, 1.165) is 22.4 Å². The maximum Gasteiger partial charge on any atom is 0.0930 e. The predicted octanol–water partition coefficient (Wildman–Crippen LogP) is 2.66. The van der Waals surface area contributed by atoms with Crippen molar-refractivity contribution in [3.8, 4) is 0 Å². The van der Waals surface area contributed by atoms with Gasteiger partial charge in [-0.3, -0.25) is 9.36 Å². The van der Waals surface area contributed by atoms with Crippen LogP contribution < -0.4 is 5.32 Å². The predicted molar refractivity (Wildman–Crippen MR) is 79.0 cm³/mol.